The van der Waals surface area contributed by atoms with Crippen molar-refractivity contribution in [2.45, 2.75) is 43.9 Å². The van der Waals surface area contributed by atoms with Crippen molar-refractivity contribution >= 4 is 25.8 Å². The van der Waals surface area contributed by atoms with Gasteiger partial charge in [-0.15, -0.1) is 0 Å². The number of fused-ring (bicyclic) bond motifs is 1. The zero-order chi connectivity index (χ0) is 13.9. The molecule has 0 N–H and O–H groups in total. The monoisotopic (exact) mass is 344 g/mol. The van der Waals surface area contributed by atoms with Crippen molar-refractivity contribution < 1.29 is 8.42 Å². The molecule has 0 bridgehead atoms. The molecule has 0 heterocycles. The van der Waals surface area contributed by atoms with E-state index in [-0.39, 0.29) is 5.75 Å². The first-order valence-corrected chi connectivity index (χ1v) is 9.71. The first-order chi connectivity index (χ1) is 9.03. The molecule has 0 aromatic heterocycles. The fourth-order valence-electron chi connectivity index (χ4n) is 2.55. The number of halogens is 1. The highest BCUT2D eigenvalue weighted by atomic mass is 79.9. The maximum Gasteiger partial charge on any atom is 0.178 e. The summed E-state index contributed by atoms with van der Waals surface area (Å²) in [5, 5.41) is 0.938. The maximum absolute atomic E-state index is 12.3. The molecular formula is C15H21BrO2S. The van der Waals surface area contributed by atoms with Gasteiger partial charge < -0.3 is 0 Å². The minimum absolute atomic E-state index is 0.264. The van der Waals surface area contributed by atoms with Crippen LogP contribution in [0.5, 0.6) is 0 Å². The predicted molar refractivity (Wildman–Crippen MR) is 82.7 cm³/mol. The Hall–Kier alpha value is -0.350. The molecule has 0 radical (unpaired) electrons. The van der Waals surface area contributed by atoms with E-state index in [4.69, 9.17) is 0 Å². The Bertz CT molecular complexity index is 537. The number of hydrogen-bond donors (Lipinski definition) is 0. The number of hydrogen-bond acceptors (Lipinski definition) is 2. The van der Waals surface area contributed by atoms with Crippen LogP contribution in [-0.2, 0) is 22.7 Å². The van der Waals surface area contributed by atoms with Crippen LogP contribution in [0.15, 0.2) is 23.1 Å². The van der Waals surface area contributed by atoms with E-state index in [2.05, 4.69) is 22.9 Å². The second kappa shape index (κ2) is 6.40. The van der Waals surface area contributed by atoms with Crippen LogP contribution in [0.25, 0.3) is 0 Å². The van der Waals surface area contributed by atoms with E-state index in [1.807, 2.05) is 12.1 Å². The van der Waals surface area contributed by atoms with Crippen molar-refractivity contribution in [3.05, 3.63) is 29.3 Å². The van der Waals surface area contributed by atoms with Gasteiger partial charge in [0.1, 0.15) is 0 Å². The van der Waals surface area contributed by atoms with Gasteiger partial charge in [0.25, 0.3) is 0 Å². The summed E-state index contributed by atoms with van der Waals surface area (Å²) in [7, 11) is -3.11. The SMILES string of the molecule is CC(CCBr)CCS(=O)(=O)c1ccc2c(c1)CCC2. The van der Waals surface area contributed by atoms with Crippen molar-refractivity contribution in [2.75, 3.05) is 11.1 Å². The molecule has 1 atom stereocenters. The van der Waals surface area contributed by atoms with Crippen LogP contribution < -0.4 is 0 Å². The van der Waals surface area contributed by atoms with Gasteiger partial charge in [0, 0.05) is 5.33 Å². The topological polar surface area (TPSA) is 34.1 Å². The van der Waals surface area contributed by atoms with Crippen molar-refractivity contribution in [1.82, 2.24) is 0 Å². The van der Waals surface area contributed by atoms with Gasteiger partial charge in [-0.25, -0.2) is 8.42 Å². The van der Waals surface area contributed by atoms with Crippen LogP contribution in [0.1, 0.15) is 37.3 Å². The molecule has 106 valence electrons. The van der Waals surface area contributed by atoms with Gasteiger partial charge in [0.05, 0.1) is 10.6 Å². The third kappa shape index (κ3) is 3.82. The highest BCUT2D eigenvalue weighted by molar-refractivity contribution is 9.09. The first-order valence-electron chi connectivity index (χ1n) is 6.93. The van der Waals surface area contributed by atoms with E-state index in [0.717, 1.165) is 37.4 Å². The fourth-order valence-corrected chi connectivity index (χ4v) is 4.87. The number of sulfone groups is 1. The molecule has 2 rings (SSSR count). The van der Waals surface area contributed by atoms with E-state index >= 15 is 0 Å². The molecule has 1 aromatic rings. The standard InChI is InChI=1S/C15H21BrO2S/c1-12(7-9-16)8-10-19(17,18)15-6-5-13-3-2-4-14(13)11-15/h5-6,11-12H,2-4,7-10H2,1H3. The summed E-state index contributed by atoms with van der Waals surface area (Å²) in [6.45, 7) is 2.11. The molecule has 1 aliphatic carbocycles. The second-order valence-corrected chi connectivity index (χ2v) is 8.38. The Balaban J connectivity index is 2.07. The number of aryl methyl sites for hydroxylation is 2. The molecule has 0 fully saturated rings. The molecule has 0 spiro atoms. The minimum atomic E-state index is -3.11. The molecule has 0 aliphatic heterocycles. The first kappa shape index (κ1) is 15.0. The third-order valence-corrected chi connectivity index (χ3v) is 6.11. The number of benzene rings is 1. The minimum Gasteiger partial charge on any atom is -0.224 e. The quantitative estimate of drug-likeness (QED) is 0.736. The maximum atomic E-state index is 12.3. The van der Waals surface area contributed by atoms with E-state index in [1.165, 1.54) is 11.1 Å². The molecule has 1 aromatic carbocycles. The Kier molecular flexibility index (Phi) is 5.07. The van der Waals surface area contributed by atoms with Crippen LogP contribution >= 0.6 is 15.9 Å². The van der Waals surface area contributed by atoms with Crippen molar-refractivity contribution in [2.24, 2.45) is 5.92 Å². The van der Waals surface area contributed by atoms with Crippen molar-refractivity contribution in [1.29, 1.82) is 0 Å². The average molecular weight is 345 g/mol. The van der Waals surface area contributed by atoms with Crippen LogP contribution in [0.4, 0.5) is 0 Å². The van der Waals surface area contributed by atoms with E-state index in [9.17, 15) is 8.42 Å². The fraction of sp³-hybridized carbons (Fsp3) is 0.600. The van der Waals surface area contributed by atoms with E-state index in [0.29, 0.717) is 10.8 Å². The van der Waals surface area contributed by atoms with Crippen LogP contribution in [0.3, 0.4) is 0 Å². The molecule has 0 saturated carbocycles. The Labute approximate surface area is 124 Å². The molecule has 0 amide bonds. The summed E-state index contributed by atoms with van der Waals surface area (Å²) < 4.78 is 24.7. The normalized spacial score (nSPS) is 16.3. The van der Waals surface area contributed by atoms with E-state index in [1.54, 1.807) is 6.07 Å². The molecule has 2 nitrogen and oxygen atoms in total. The third-order valence-electron chi connectivity index (χ3n) is 3.91. The summed E-state index contributed by atoms with van der Waals surface area (Å²) in [5.74, 6) is 0.712. The summed E-state index contributed by atoms with van der Waals surface area (Å²) in [4.78, 5) is 0.513. The van der Waals surface area contributed by atoms with Gasteiger partial charge in [-0.05, 0) is 61.3 Å². The zero-order valence-corrected chi connectivity index (χ0v) is 13.8. The van der Waals surface area contributed by atoms with Crippen LogP contribution in [0.2, 0.25) is 0 Å². The summed E-state index contributed by atoms with van der Waals surface area (Å²) in [5.41, 5.74) is 2.56. The van der Waals surface area contributed by atoms with Crippen LogP contribution in [0, 0.1) is 5.92 Å². The average Bonchev–Trinajstić information content (AvgIpc) is 2.84. The van der Waals surface area contributed by atoms with Gasteiger partial charge >= 0.3 is 0 Å². The second-order valence-electron chi connectivity index (χ2n) is 5.47. The number of alkyl halides is 1. The molecule has 4 heteroatoms. The molecular weight excluding hydrogens is 324 g/mol. The number of rotatable bonds is 6. The lowest BCUT2D eigenvalue weighted by Crippen LogP contribution is -2.11. The van der Waals surface area contributed by atoms with Crippen molar-refractivity contribution in [3.8, 4) is 0 Å². The largest absolute Gasteiger partial charge is 0.224 e. The van der Waals surface area contributed by atoms with Crippen LogP contribution in [-0.4, -0.2) is 19.5 Å². The van der Waals surface area contributed by atoms with Gasteiger partial charge in [-0.3, -0.25) is 0 Å². The van der Waals surface area contributed by atoms with Gasteiger partial charge in [-0.1, -0.05) is 28.9 Å². The Morgan fingerprint density at radius 3 is 2.68 bits per heavy atom. The van der Waals surface area contributed by atoms with Gasteiger partial charge in [-0.2, -0.15) is 0 Å². The summed E-state index contributed by atoms with van der Waals surface area (Å²) in [6, 6.07) is 5.68. The van der Waals surface area contributed by atoms with Gasteiger partial charge in [0.15, 0.2) is 9.84 Å². The highest BCUT2D eigenvalue weighted by Gasteiger charge is 2.19. The smallest absolute Gasteiger partial charge is 0.178 e. The Morgan fingerprint density at radius 2 is 1.95 bits per heavy atom. The van der Waals surface area contributed by atoms with Crippen molar-refractivity contribution in [3.63, 3.8) is 0 Å². The molecule has 1 unspecified atom stereocenters. The predicted octanol–water partition coefficient (Wildman–Crippen LogP) is 3.76. The molecule has 0 saturated heterocycles. The lowest BCUT2D eigenvalue weighted by atomic mass is 10.1. The molecule has 1 aliphatic rings. The summed E-state index contributed by atoms with van der Waals surface area (Å²) >= 11 is 3.40. The zero-order valence-electron chi connectivity index (χ0n) is 11.4. The lowest BCUT2D eigenvalue weighted by Gasteiger charge is -2.11. The van der Waals surface area contributed by atoms with E-state index < -0.39 is 9.84 Å². The highest BCUT2D eigenvalue weighted by Crippen LogP contribution is 2.26. The lowest BCUT2D eigenvalue weighted by molar-refractivity contribution is 0.536. The summed E-state index contributed by atoms with van der Waals surface area (Å²) in [6.07, 6.45) is 5.04. The van der Waals surface area contributed by atoms with Gasteiger partial charge in [0.2, 0.25) is 0 Å². The molecule has 19 heavy (non-hydrogen) atoms. The Morgan fingerprint density at radius 1 is 1.21 bits per heavy atom.